The molecule has 0 saturated heterocycles. The summed E-state index contributed by atoms with van der Waals surface area (Å²) in [6.07, 6.45) is 0. The Morgan fingerprint density at radius 1 is 1.43 bits per heavy atom. The summed E-state index contributed by atoms with van der Waals surface area (Å²) in [6, 6.07) is 0. The molecule has 0 saturated carbocycles. The summed E-state index contributed by atoms with van der Waals surface area (Å²) in [5.41, 5.74) is 0. The lowest BCUT2D eigenvalue weighted by molar-refractivity contribution is 1.07. The van der Waals surface area contributed by atoms with Crippen LogP contribution in [0.25, 0.3) is 0 Å². The molecule has 0 aliphatic heterocycles. The van der Waals surface area contributed by atoms with Crippen molar-refractivity contribution >= 4 is 25.3 Å². The maximum Gasteiger partial charge on any atom is 0.0739 e. The van der Waals surface area contributed by atoms with E-state index >= 15 is 0 Å². The first-order valence-corrected chi connectivity index (χ1v) is 2.84. The average molecular weight is 135 g/mol. The predicted octanol–water partition coefficient (Wildman–Crippen LogP) is 1.25. The van der Waals surface area contributed by atoms with Crippen LogP contribution in [0, 0.1) is 0 Å². The van der Waals surface area contributed by atoms with Gasteiger partial charge in [-0.2, -0.15) is 0 Å². The summed E-state index contributed by atoms with van der Waals surface area (Å²) >= 11 is 8.03. The fourth-order valence-electron chi connectivity index (χ4n) is 0.181. The van der Waals surface area contributed by atoms with Crippen molar-refractivity contribution in [2.45, 2.75) is 6.92 Å². The van der Waals surface area contributed by atoms with Crippen molar-refractivity contribution in [1.29, 1.82) is 0 Å². The van der Waals surface area contributed by atoms with E-state index in [0.29, 0.717) is 0 Å². The van der Waals surface area contributed by atoms with Crippen molar-refractivity contribution in [3.8, 4) is 0 Å². The van der Waals surface area contributed by atoms with Crippen LogP contribution in [0.1, 0.15) is 6.92 Å². The van der Waals surface area contributed by atoms with Gasteiger partial charge in [-0.15, -0.1) is 25.3 Å². The first kappa shape index (κ1) is 7.24. The van der Waals surface area contributed by atoms with Gasteiger partial charge in [-0.25, -0.2) is 0 Å². The minimum absolute atomic E-state index is 0.823. The van der Waals surface area contributed by atoms with E-state index in [9.17, 15) is 0 Å². The van der Waals surface area contributed by atoms with Crippen LogP contribution < -0.4 is 5.32 Å². The zero-order valence-electron chi connectivity index (χ0n) is 4.39. The number of thiol groups is 2. The Labute approximate surface area is 55.0 Å². The van der Waals surface area contributed by atoms with E-state index in [-0.39, 0.29) is 0 Å². The zero-order valence-corrected chi connectivity index (χ0v) is 6.18. The molecule has 0 heterocycles. The molecule has 0 atom stereocenters. The van der Waals surface area contributed by atoms with Crippen LogP contribution in [-0.2, 0) is 0 Å². The van der Waals surface area contributed by atoms with E-state index in [2.05, 4.69) is 30.6 Å². The van der Waals surface area contributed by atoms with Crippen LogP contribution in [-0.4, -0.2) is 7.05 Å². The summed E-state index contributed by atoms with van der Waals surface area (Å²) < 4.78 is 0. The molecular formula is C4H9NS2. The lowest BCUT2D eigenvalue weighted by atomic mass is 10.7. The molecule has 7 heavy (non-hydrogen) atoms. The molecule has 0 rings (SSSR count). The molecule has 1 N–H and O–H groups in total. The molecular weight excluding hydrogens is 126 g/mol. The van der Waals surface area contributed by atoms with Crippen molar-refractivity contribution in [2.24, 2.45) is 0 Å². The van der Waals surface area contributed by atoms with E-state index in [0.717, 1.165) is 9.93 Å². The van der Waals surface area contributed by atoms with Gasteiger partial charge in [0.2, 0.25) is 0 Å². The van der Waals surface area contributed by atoms with Gasteiger partial charge in [0.1, 0.15) is 0 Å². The van der Waals surface area contributed by atoms with Crippen LogP contribution in [0.5, 0.6) is 0 Å². The molecule has 0 aromatic carbocycles. The van der Waals surface area contributed by atoms with Crippen LogP contribution in [0.3, 0.4) is 0 Å². The van der Waals surface area contributed by atoms with E-state index in [4.69, 9.17) is 0 Å². The van der Waals surface area contributed by atoms with Crippen molar-refractivity contribution in [3.63, 3.8) is 0 Å². The van der Waals surface area contributed by atoms with Gasteiger partial charge in [0.05, 0.1) is 5.03 Å². The summed E-state index contributed by atoms with van der Waals surface area (Å²) in [7, 11) is 1.81. The number of hydrogen-bond acceptors (Lipinski definition) is 3. The number of rotatable bonds is 1. The molecule has 0 fully saturated rings. The number of nitrogens with one attached hydrogen (secondary N) is 1. The lowest BCUT2D eigenvalue weighted by Gasteiger charge is -1.96. The molecule has 0 aromatic heterocycles. The number of hydrogen-bond donors (Lipinski definition) is 3. The van der Waals surface area contributed by atoms with Crippen LogP contribution in [0.2, 0.25) is 0 Å². The third-order valence-corrected chi connectivity index (χ3v) is 1.54. The van der Waals surface area contributed by atoms with Gasteiger partial charge in [-0.3, -0.25) is 0 Å². The first-order chi connectivity index (χ1) is 3.18. The first-order valence-electron chi connectivity index (χ1n) is 1.95. The van der Waals surface area contributed by atoms with Gasteiger partial charge >= 0.3 is 0 Å². The summed E-state index contributed by atoms with van der Waals surface area (Å²) in [5.74, 6) is 0. The molecule has 0 aliphatic rings. The third-order valence-electron chi connectivity index (χ3n) is 0.580. The standard InChI is InChI=1S/C4H9NS2/c1-3(6)4(7)5-2/h5-7H,1-2H3/b4-3+. The van der Waals surface area contributed by atoms with Gasteiger partial charge < -0.3 is 5.32 Å². The Balaban J connectivity index is 3.72. The normalized spacial score (nSPS) is 13.1. The zero-order chi connectivity index (χ0) is 5.86. The Kier molecular flexibility index (Phi) is 3.38. The van der Waals surface area contributed by atoms with Crippen LogP contribution in [0.15, 0.2) is 9.93 Å². The van der Waals surface area contributed by atoms with Gasteiger partial charge in [-0.05, 0) is 6.92 Å². The molecule has 0 bridgehead atoms. The van der Waals surface area contributed by atoms with Crippen molar-refractivity contribution < 1.29 is 0 Å². The van der Waals surface area contributed by atoms with Crippen LogP contribution in [0.4, 0.5) is 0 Å². The highest BCUT2D eigenvalue weighted by atomic mass is 32.1. The fraction of sp³-hybridized carbons (Fsp3) is 0.500. The Morgan fingerprint density at radius 3 is 1.86 bits per heavy atom. The van der Waals surface area contributed by atoms with Crippen LogP contribution >= 0.6 is 25.3 Å². The maximum absolute atomic E-state index is 4.02. The molecule has 42 valence electrons. The second-order valence-electron chi connectivity index (χ2n) is 1.18. The molecule has 0 amide bonds. The van der Waals surface area contributed by atoms with Crippen molar-refractivity contribution in [2.75, 3.05) is 7.05 Å². The Morgan fingerprint density at radius 2 is 1.86 bits per heavy atom. The minimum Gasteiger partial charge on any atom is -0.383 e. The molecule has 0 radical (unpaired) electrons. The minimum atomic E-state index is 0.823. The smallest absolute Gasteiger partial charge is 0.0739 e. The summed E-state index contributed by atoms with van der Waals surface area (Å²) in [5, 5.41) is 3.65. The second kappa shape index (κ2) is 3.27. The highest BCUT2D eigenvalue weighted by molar-refractivity contribution is 7.88. The molecule has 0 aromatic rings. The molecule has 3 heteroatoms. The largest absolute Gasteiger partial charge is 0.383 e. The van der Waals surface area contributed by atoms with E-state index in [1.54, 1.807) is 0 Å². The van der Waals surface area contributed by atoms with Gasteiger partial charge in [0.25, 0.3) is 0 Å². The van der Waals surface area contributed by atoms with E-state index in [1.165, 1.54) is 0 Å². The van der Waals surface area contributed by atoms with E-state index in [1.807, 2.05) is 14.0 Å². The Bertz CT molecular complexity index is 83.7. The highest BCUT2D eigenvalue weighted by Gasteiger charge is 1.83. The monoisotopic (exact) mass is 135 g/mol. The quantitative estimate of drug-likeness (QED) is 0.460. The van der Waals surface area contributed by atoms with Crippen molar-refractivity contribution in [3.05, 3.63) is 9.93 Å². The fourth-order valence-corrected chi connectivity index (χ4v) is 0.293. The van der Waals surface area contributed by atoms with Gasteiger partial charge in [-0.1, -0.05) is 0 Å². The molecule has 0 spiro atoms. The number of allylic oxidation sites excluding steroid dienone is 1. The maximum atomic E-state index is 4.02. The summed E-state index contributed by atoms with van der Waals surface area (Å²) in [4.78, 5) is 0.908. The van der Waals surface area contributed by atoms with Gasteiger partial charge in [0, 0.05) is 12.0 Å². The lowest BCUT2D eigenvalue weighted by Crippen LogP contribution is -1.99. The third kappa shape index (κ3) is 2.88. The molecule has 0 aliphatic carbocycles. The second-order valence-corrected chi connectivity index (χ2v) is 2.30. The predicted molar refractivity (Wildman–Crippen MR) is 39.7 cm³/mol. The topological polar surface area (TPSA) is 12.0 Å². The van der Waals surface area contributed by atoms with E-state index < -0.39 is 0 Å². The molecule has 0 unspecified atom stereocenters. The van der Waals surface area contributed by atoms with Crippen molar-refractivity contribution in [1.82, 2.24) is 5.32 Å². The van der Waals surface area contributed by atoms with Gasteiger partial charge in [0.15, 0.2) is 0 Å². The highest BCUT2D eigenvalue weighted by Crippen LogP contribution is 2.06. The summed E-state index contributed by atoms with van der Waals surface area (Å²) in [6.45, 7) is 1.88. The Hall–Kier alpha value is 0.240. The SMILES string of the molecule is CN/C(S)=C(/C)S. The average Bonchev–Trinajstić information content (AvgIpc) is 1.65. The molecule has 1 nitrogen and oxygen atoms in total.